The van der Waals surface area contributed by atoms with Gasteiger partial charge in [0.05, 0.1) is 11.2 Å². The quantitative estimate of drug-likeness (QED) is 0.840. The molecule has 1 aromatic heterocycles. The van der Waals surface area contributed by atoms with Crippen molar-refractivity contribution < 1.29 is 5.11 Å². The second kappa shape index (κ2) is 4.59. The number of fused-ring (bicyclic) bond motifs is 1. The number of aliphatic hydroxyl groups is 1. The highest BCUT2D eigenvalue weighted by Gasteiger charge is 2.46. The van der Waals surface area contributed by atoms with Gasteiger partial charge in [0.2, 0.25) is 0 Å². The molecule has 1 N–H and O–H groups in total. The van der Waals surface area contributed by atoms with Crippen LogP contribution in [0.1, 0.15) is 46.5 Å². The Morgan fingerprint density at radius 1 is 1.38 bits per heavy atom. The van der Waals surface area contributed by atoms with E-state index in [1.54, 1.807) is 0 Å². The first-order valence-corrected chi connectivity index (χ1v) is 9.41. The first-order valence-electron chi connectivity index (χ1n) is 8.05. The molecule has 4 atom stereocenters. The molecule has 4 nitrogen and oxygen atoms in total. The van der Waals surface area contributed by atoms with E-state index in [0.717, 1.165) is 12.2 Å². The molecule has 0 saturated heterocycles. The average Bonchev–Trinajstić information content (AvgIpc) is 2.93. The molecule has 0 bridgehead atoms. The van der Waals surface area contributed by atoms with Crippen LogP contribution >= 0.6 is 11.1 Å². The van der Waals surface area contributed by atoms with Crippen LogP contribution in [0.25, 0.3) is 0 Å². The largest absolute Gasteiger partial charge is 0.382 e. The maximum Gasteiger partial charge on any atom is 0.162 e. The number of aliphatic imine (C=N–C) groups is 1. The van der Waals surface area contributed by atoms with Gasteiger partial charge in [-0.05, 0) is 42.9 Å². The molecule has 0 spiro atoms. The lowest BCUT2D eigenvalue weighted by atomic mass is 9.90. The van der Waals surface area contributed by atoms with E-state index in [1.165, 1.54) is 24.3 Å². The second-order valence-electron chi connectivity index (χ2n) is 7.81. The van der Waals surface area contributed by atoms with Gasteiger partial charge in [-0.1, -0.05) is 20.8 Å². The molecule has 2 saturated carbocycles. The van der Waals surface area contributed by atoms with Crippen molar-refractivity contribution in [1.29, 1.82) is 0 Å². The molecule has 3 aliphatic rings. The second-order valence-corrected chi connectivity index (χ2v) is 9.92. The van der Waals surface area contributed by atoms with Crippen LogP contribution in [0.5, 0.6) is 0 Å². The summed E-state index contributed by atoms with van der Waals surface area (Å²) in [6.45, 7) is 6.96. The maximum absolute atomic E-state index is 11.2. The molecular formula is C16H25N3OS. The fraction of sp³-hybridized carbons (Fsp3) is 0.750. The van der Waals surface area contributed by atoms with Crippen LogP contribution < -0.4 is 0 Å². The van der Waals surface area contributed by atoms with Crippen molar-refractivity contribution in [1.82, 2.24) is 8.96 Å². The SMILES string of the molecule is CC1CC(C)(C)CC1C(O)[SH]1C(C2CC2)=Nc2cncn21. The topological polar surface area (TPSA) is 50.4 Å². The summed E-state index contributed by atoms with van der Waals surface area (Å²) in [5.41, 5.74) is 0.0842. The van der Waals surface area contributed by atoms with Crippen molar-refractivity contribution in [3.63, 3.8) is 0 Å². The number of nitrogens with zero attached hydrogens (tertiary/aromatic N) is 3. The third-order valence-corrected chi connectivity index (χ3v) is 7.86. The van der Waals surface area contributed by atoms with E-state index in [-0.39, 0.29) is 5.44 Å². The minimum absolute atomic E-state index is 0.272. The van der Waals surface area contributed by atoms with Crippen LogP contribution in [0.15, 0.2) is 17.5 Å². The van der Waals surface area contributed by atoms with Gasteiger partial charge < -0.3 is 5.11 Å². The maximum atomic E-state index is 11.2. The molecule has 116 valence electrons. The normalized spacial score (nSPS) is 37.3. The molecule has 2 aliphatic carbocycles. The third kappa shape index (κ3) is 2.25. The monoisotopic (exact) mass is 307 g/mol. The highest BCUT2D eigenvalue weighted by atomic mass is 32.2. The molecule has 1 aromatic rings. The van der Waals surface area contributed by atoms with Gasteiger partial charge in [0.15, 0.2) is 5.82 Å². The lowest BCUT2D eigenvalue weighted by Crippen LogP contribution is -2.28. The molecule has 2 fully saturated rings. The van der Waals surface area contributed by atoms with E-state index in [4.69, 9.17) is 4.99 Å². The van der Waals surface area contributed by atoms with Crippen LogP contribution in [0.3, 0.4) is 0 Å². The first kappa shape index (κ1) is 13.8. The summed E-state index contributed by atoms with van der Waals surface area (Å²) in [5, 5.41) is 12.4. The van der Waals surface area contributed by atoms with Gasteiger partial charge in [0.25, 0.3) is 0 Å². The average molecular weight is 307 g/mol. The number of imidazole rings is 1. The van der Waals surface area contributed by atoms with Gasteiger partial charge in [-0.2, -0.15) is 0 Å². The van der Waals surface area contributed by atoms with E-state index in [0.29, 0.717) is 23.2 Å². The summed E-state index contributed by atoms with van der Waals surface area (Å²) >= 11 is -0.745. The Labute approximate surface area is 129 Å². The van der Waals surface area contributed by atoms with E-state index < -0.39 is 11.1 Å². The number of hydrogen-bond acceptors (Lipinski definition) is 3. The molecular weight excluding hydrogens is 282 g/mol. The highest BCUT2D eigenvalue weighted by Crippen LogP contribution is 2.57. The zero-order chi connectivity index (χ0) is 14.8. The first-order chi connectivity index (χ1) is 9.96. The van der Waals surface area contributed by atoms with E-state index in [1.807, 2.05) is 12.5 Å². The number of rotatable bonds is 3. The van der Waals surface area contributed by atoms with E-state index >= 15 is 0 Å². The molecule has 0 amide bonds. The lowest BCUT2D eigenvalue weighted by molar-refractivity contribution is 0.162. The van der Waals surface area contributed by atoms with Gasteiger partial charge in [0.1, 0.15) is 11.8 Å². The minimum atomic E-state index is -0.745. The number of aromatic nitrogens is 2. The molecule has 4 rings (SSSR count). The fourth-order valence-electron chi connectivity index (χ4n) is 4.22. The Hall–Kier alpha value is -0.810. The fourth-order valence-corrected chi connectivity index (χ4v) is 7.05. The predicted octanol–water partition coefficient (Wildman–Crippen LogP) is 3.49. The molecule has 1 aliphatic heterocycles. The molecule has 2 heterocycles. The van der Waals surface area contributed by atoms with Crippen molar-refractivity contribution >= 4 is 21.9 Å². The molecule has 5 heteroatoms. The summed E-state index contributed by atoms with van der Waals surface area (Å²) in [7, 11) is 0. The van der Waals surface area contributed by atoms with Crippen molar-refractivity contribution in [3.8, 4) is 0 Å². The molecule has 21 heavy (non-hydrogen) atoms. The molecule has 0 radical (unpaired) electrons. The van der Waals surface area contributed by atoms with Gasteiger partial charge in [-0.15, -0.1) is 11.1 Å². The Bertz CT molecular complexity index is 590. The Balaban J connectivity index is 1.64. The van der Waals surface area contributed by atoms with Gasteiger partial charge in [0, 0.05) is 5.92 Å². The molecule has 0 aromatic carbocycles. The van der Waals surface area contributed by atoms with Gasteiger partial charge >= 0.3 is 0 Å². The lowest BCUT2D eigenvalue weighted by Gasteiger charge is -2.32. The van der Waals surface area contributed by atoms with Crippen LogP contribution in [-0.2, 0) is 0 Å². The third-order valence-electron chi connectivity index (χ3n) is 5.27. The highest BCUT2D eigenvalue weighted by molar-refractivity contribution is 8.29. The summed E-state index contributed by atoms with van der Waals surface area (Å²) < 4.78 is 2.16. The van der Waals surface area contributed by atoms with Crippen molar-refractivity contribution in [2.24, 2.45) is 28.2 Å². The minimum Gasteiger partial charge on any atom is -0.382 e. The summed E-state index contributed by atoms with van der Waals surface area (Å²) in [6, 6.07) is 0. The zero-order valence-electron chi connectivity index (χ0n) is 13.0. The van der Waals surface area contributed by atoms with Crippen LogP contribution in [0.4, 0.5) is 5.82 Å². The van der Waals surface area contributed by atoms with Gasteiger partial charge in [-0.25, -0.2) is 9.98 Å². The van der Waals surface area contributed by atoms with Crippen molar-refractivity contribution in [3.05, 3.63) is 12.5 Å². The number of hydrogen-bond donors (Lipinski definition) is 2. The van der Waals surface area contributed by atoms with E-state index in [9.17, 15) is 5.11 Å². The predicted molar refractivity (Wildman–Crippen MR) is 88.1 cm³/mol. The van der Waals surface area contributed by atoms with E-state index in [2.05, 4.69) is 29.7 Å². The Morgan fingerprint density at radius 3 is 2.76 bits per heavy atom. The Kier molecular flexibility index (Phi) is 3.02. The molecule has 4 unspecified atom stereocenters. The summed E-state index contributed by atoms with van der Waals surface area (Å²) in [6.07, 6.45) is 8.52. The standard InChI is InChI=1S/C16H25N3OS/c1-10-6-16(2,3)7-12(10)15(20)21-14(11-4-5-11)18-13-8-17-9-19(13)21/h8-12,15,20-21H,4-7H2,1-3H3. The zero-order valence-corrected chi connectivity index (χ0v) is 13.9. The van der Waals surface area contributed by atoms with Crippen LogP contribution in [0.2, 0.25) is 0 Å². The number of thiol groups is 1. The Morgan fingerprint density at radius 2 is 2.14 bits per heavy atom. The summed E-state index contributed by atoms with van der Waals surface area (Å²) in [4.78, 5) is 9.02. The van der Waals surface area contributed by atoms with Crippen LogP contribution in [-0.4, -0.2) is 24.5 Å². The van der Waals surface area contributed by atoms with Crippen LogP contribution in [0, 0.1) is 23.2 Å². The van der Waals surface area contributed by atoms with Gasteiger partial charge in [-0.3, -0.25) is 3.97 Å². The number of aliphatic hydroxyl groups excluding tert-OH is 1. The summed E-state index contributed by atoms with van der Waals surface area (Å²) in [5.74, 6) is 2.55. The smallest absolute Gasteiger partial charge is 0.162 e. The van der Waals surface area contributed by atoms with Crippen molar-refractivity contribution in [2.75, 3.05) is 0 Å². The van der Waals surface area contributed by atoms with Crippen molar-refractivity contribution in [2.45, 2.75) is 51.9 Å².